The number of carbonyl (C=O) groups excluding carboxylic acids is 3. The standard InChI is InChI=1S/C20H13Br2F4NO9S/c1-7(2)18(28)34-4-3-27-20(30)36-15-9(21)5-8(6-10(15)22)19(29)35-16-11(23)13(25)17(37(31,32)33)14(26)12(16)24/h5-6H,1,3-4H2,2H3,(H,27,30)(H,31,32,33). The van der Waals surface area contributed by atoms with Crippen LogP contribution in [0.25, 0.3) is 0 Å². The minimum Gasteiger partial charge on any atom is -0.460 e. The van der Waals surface area contributed by atoms with Crippen LogP contribution in [0.2, 0.25) is 0 Å². The topological polar surface area (TPSA) is 145 Å². The van der Waals surface area contributed by atoms with Gasteiger partial charge in [0.2, 0.25) is 17.4 Å². The fraction of sp³-hybridized carbons (Fsp3) is 0.150. The zero-order valence-electron chi connectivity index (χ0n) is 18.2. The van der Waals surface area contributed by atoms with E-state index in [0.29, 0.717) is 0 Å². The molecule has 0 fully saturated rings. The lowest BCUT2D eigenvalue weighted by atomic mass is 10.2. The molecule has 0 unspecified atom stereocenters. The Hall–Kier alpha value is -3.02. The number of hydrogen-bond donors (Lipinski definition) is 2. The van der Waals surface area contributed by atoms with Gasteiger partial charge in [-0.05, 0) is 50.9 Å². The van der Waals surface area contributed by atoms with Gasteiger partial charge in [-0.15, -0.1) is 0 Å². The maximum atomic E-state index is 14.1. The Morgan fingerprint density at radius 3 is 1.95 bits per heavy atom. The van der Waals surface area contributed by atoms with Crippen LogP contribution in [0.15, 0.2) is 38.1 Å². The van der Waals surface area contributed by atoms with Crippen molar-refractivity contribution >= 4 is 60.0 Å². The lowest BCUT2D eigenvalue weighted by Crippen LogP contribution is -2.30. The summed E-state index contributed by atoms with van der Waals surface area (Å²) in [5.41, 5.74) is -0.318. The highest BCUT2D eigenvalue weighted by molar-refractivity contribution is 9.11. The molecule has 0 radical (unpaired) electrons. The quantitative estimate of drug-likeness (QED) is 0.0787. The molecule has 200 valence electrons. The van der Waals surface area contributed by atoms with Crippen LogP contribution in [0, 0.1) is 23.3 Å². The number of esters is 2. The Balaban J connectivity index is 2.19. The van der Waals surface area contributed by atoms with Crippen molar-refractivity contribution < 1.29 is 59.1 Å². The monoisotopic (exact) mass is 677 g/mol. The maximum absolute atomic E-state index is 14.1. The Bertz CT molecular complexity index is 1370. The van der Waals surface area contributed by atoms with Crippen molar-refractivity contribution in [2.75, 3.05) is 13.2 Å². The molecule has 0 aliphatic rings. The van der Waals surface area contributed by atoms with Crippen molar-refractivity contribution in [3.8, 4) is 11.5 Å². The predicted molar refractivity (Wildman–Crippen MR) is 123 cm³/mol. The van der Waals surface area contributed by atoms with Gasteiger partial charge in [0, 0.05) is 5.57 Å². The molecule has 10 nitrogen and oxygen atoms in total. The van der Waals surface area contributed by atoms with Crippen molar-refractivity contribution in [3.05, 3.63) is 62.1 Å². The summed E-state index contributed by atoms with van der Waals surface area (Å²) in [6.45, 7) is 4.50. The molecule has 17 heteroatoms. The molecule has 37 heavy (non-hydrogen) atoms. The highest BCUT2D eigenvalue weighted by Crippen LogP contribution is 2.36. The minimum atomic E-state index is -5.70. The third-order valence-corrected chi connectivity index (χ3v) is 6.07. The van der Waals surface area contributed by atoms with E-state index in [4.69, 9.17) is 14.0 Å². The van der Waals surface area contributed by atoms with Gasteiger partial charge in [0.15, 0.2) is 22.3 Å². The number of rotatable bonds is 8. The first-order chi connectivity index (χ1) is 17.1. The molecule has 2 N–H and O–H groups in total. The molecule has 2 rings (SSSR count). The maximum Gasteiger partial charge on any atom is 0.412 e. The van der Waals surface area contributed by atoms with Crippen LogP contribution in [0.3, 0.4) is 0 Å². The number of hydrogen-bond acceptors (Lipinski definition) is 8. The molecule has 0 spiro atoms. The van der Waals surface area contributed by atoms with Gasteiger partial charge in [-0.1, -0.05) is 6.58 Å². The van der Waals surface area contributed by atoms with E-state index in [1.165, 1.54) is 6.92 Å². The van der Waals surface area contributed by atoms with Crippen molar-refractivity contribution in [3.63, 3.8) is 0 Å². The van der Waals surface area contributed by atoms with Crippen LogP contribution in [-0.2, 0) is 19.6 Å². The van der Waals surface area contributed by atoms with E-state index in [2.05, 4.69) is 48.5 Å². The molecule has 0 saturated heterocycles. The van der Waals surface area contributed by atoms with Gasteiger partial charge in [0.25, 0.3) is 0 Å². The lowest BCUT2D eigenvalue weighted by Gasteiger charge is -2.13. The van der Waals surface area contributed by atoms with Gasteiger partial charge in [-0.3, -0.25) is 4.55 Å². The zero-order chi connectivity index (χ0) is 28.2. The number of amides is 1. The predicted octanol–water partition coefficient (Wildman–Crippen LogP) is 4.44. The molecule has 2 aromatic rings. The molecule has 1 amide bonds. The van der Waals surface area contributed by atoms with Gasteiger partial charge in [-0.25, -0.2) is 23.2 Å². The average Bonchev–Trinajstić information content (AvgIpc) is 2.79. The van der Waals surface area contributed by atoms with E-state index < -0.39 is 67.6 Å². The van der Waals surface area contributed by atoms with Gasteiger partial charge in [0.1, 0.15) is 6.61 Å². The summed E-state index contributed by atoms with van der Waals surface area (Å²) in [5, 5.41) is 2.27. The number of nitrogens with one attached hydrogen (secondary N) is 1. The van der Waals surface area contributed by atoms with Crippen LogP contribution in [0.5, 0.6) is 11.5 Å². The second-order valence-corrected chi connectivity index (χ2v) is 9.85. The molecule has 0 heterocycles. The number of benzene rings is 2. The van der Waals surface area contributed by atoms with E-state index in [9.17, 15) is 40.4 Å². The van der Waals surface area contributed by atoms with Crippen LogP contribution in [0.4, 0.5) is 22.4 Å². The molecule has 2 aromatic carbocycles. The van der Waals surface area contributed by atoms with Gasteiger partial charge in [0.05, 0.1) is 21.1 Å². The molecule has 0 aliphatic heterocycles. The van der Waals surface area contributed by atoms with Crippen LogP contribution in [-0.4, -0.2) is 44.2 Å². The van der Waals surface area contributed by atoms with E-state index in [1.54, 1.807) is 0 Å². The van der Waals surface area contributed by atoms with Gasteiger partial charge < -0.3 is 19.5 Å². The van der Waals surface area contributed by atoms with Crippen molar-refractivity contribution in [1.82, 2.24) is 5.32 Å². The minimum absolute atomic E-state index is 0.0716. The van der Waals surface area contributed by atoms with Crippen LogP contribution < -0.4 is 14.8 Å². The summed E-state index contributed by atoms with van der Waals surface area (Å²) in [7, 11) is -5.70. The number of halogens is 6. The molecule has 0 aromatic heterocycles. The second-order valence-electron chi connectivity index (χ2n) is 6.78. The summed E-state index contributed by atoms with van der Waals surface area (Å²) in [5.74, 6) is -14.2. The third kappa shape index (κ3) is 7.27. The number of ether oxygens (including phenoxy) is 3. The molecule has 0 atom stereocenters. The first kappa shape index (κ1) is 30.2. The van der Waals surface area contributed by atoms with Crippen molar-refractivity contribution in [2.24, 2.45) is 0 Å². The SMILES string of the molecule is C=C(C)C(=O)OCCNC(=O)Oc1c(Br)cc(C(=O)Oc2c(F)c(F)c(S(=O)(=O)O)c(F)c2F)cc1Br. The highest BCUT2D eigenvalue weighted by Gasteiger charge is 2.34. The Morgan fingerprint density at radius 2 is 1.49 bits per heavy atom. The molecule has 0 aliphatic carbocycles. The largest absolute Gasteiger partial charge is 0.460 e. The molecular weight excluding hydrogens is 666 g/mol. The number of carbonyl (C=O) groups is 3. The average molecular weight is 679 g/mol. The summed E-state index contributed by atoms with van der Waals surface area (Å²) in [6.07, 6.45) is -1.00. The zero-order valence-corrected chi connectivity index (χ0v) is 22.2. The lowest BCUT2D eigenvalue weighted by molar-refractivity contribution is -0.138. The van der Waals surface area contributed by atoms with Gasteiger partial charge >= 0.3 is 28.1 Å². The fourth-order valence-electron chi connectivity index (χ4n) is 2.38. The van der Waals surface area contributed by atoms with Gasteiger partial charge in [-0.2, -0.15) is 17.2 Å². The molecule has 0 bridgehead atoms. The summed E-state index contributed by atoms with van der Waals surface area (Å²) in [4.78, 5) is 33.3. The van der Waals surface area contributed by atoms with E-state index in [-0.39, 0.29) is 33.4 Å². The van der Waals surface area contributed by atoms with Crippen LogP contribution >= 0.6 is 31.9 Å². The molecule has 0 saturated carbocycles. The summed E-state index contributed by atoms with van der Waals surface area (Å²) >= 11 is 5.99. The Kier molecular flexibility index (Phi) is 9.81. The van der Waals surface area contributed by atoms with Crippen molar-refractivity contribution in [1.29, 1.82) is 0 Å². The van der Waals surface area contributed by atoms with E-state index >= 15 is 0 Å². The smallest absolute Gasteiger partial charge is 0.412 e. The summed E-state index contributed by atoms with van der Waals surface area (Å²) < 4.78 is 101. The van der Waals surface area contributed by atoms with Crippen molar-refractivity contribution in [2.45, 2.75) is 11.8 Å². The molecular formula is C20H13Br2F4NO9S. The first-order valence-electron chi connectivity index (χ1n) is 9.39. The third-order valence-electron chi connectivity index (χ3n) is 4.02. The summed E-state index contributed by atoms with van der Waals surface area (Å²) in [6, 6.07) is 1.92. The van der Waals surface area contributed by atoms with E-state index in [0.717, 1.165) is 12.1 Å². The normalized spacial score (nSPS) is 11.0. The van der Waals surface area contributed by atoms with E-state index in [1.807, 2.05) is 0 Å². The van der Waals surface area contributed by atoms with Crippen LogP contribution in [0.1, 0.15) is 17.3 Å². The Labute approximate surface area is 222 Å². The fourth-order valence-corrected chi connectivity index (χ4v) is 4.36. The highest BCUT2D eigenvalue weighted by atomic mass is 79.9. The Morgan fingerprint density at radius 1 is 0.973 bits per heavy atom. The second kappa shape index (κ2) is 12.0. The first-order valence-corrected chi connectivity index (χ1v) is 12.4.